The number of anilines is 1. The molecule has 7 N–H and O–H groups in total. The standard InChI is InChI=1S/C30H33N3O8/c1-33(2)20-10-16(13-32-12-14-4-6-18(41-3)7-5-14)25(35)23-19(20)9-15-8-17-11-21(34)24(29(31)39)28(38)30(17,40)27(37)22(15)26(23)36/h4-7,10,15,17,32,35-36,38,40H,8-9,11-13H2,1-3H3,(H2,31,39)/t15-,17+,30+/m1/s1. The Labute approximate surface area is 236 Å². The van der Waals surface area contributed by atoms with E-state index in [9.17, 15) is 34.8 Å². The second-order valence-corrected chi connectivity index (χ2v) is 11.0. The molecule has 0 unspecified atom stereocenters. The van der Waals surface area contributed by atoms with Crippen molar-refractivity contribution in [3.05, 3.63) is 69.5 Å². The predicted molar refractivity (Wildman–Crippen MR) is 149 cm³/mol. The van der Waals surface area contributed by atoms with Gasteiger partial charge in [-0.3, -0.25) is 14.4 Å². The molecular formula is C30H33N3O8. The predicted octanol–water partition coefficient (Wildman–Crippen LogP) is 1.79. The van der Waals surface area contributed by atoms with Crippen LogP contribution in [0.4, 0.5) is 5.69 Å². The number of Topliss-reactive ketones (excluding diaryl/α,β-unsaturated/α-hetero) is 2. The van der Waals surface area contributed by atoms with Crippen molar-refractivity contribution in [1.82, 2.24) is 5.32 Å². The lowest BCUT2D eigenvalue weighted by molar-refractivity contribution is -0.147. The molecule has 0 saturated heterocycles. The summed E-state index contributed by atoms with van der Waals surface area (Å²) in [7, 11) is 5.25. The van der Waals surface area contributed by atoms with Crippen LogP contribution in [0.15, 0.2) is 47.2 Å². The number of phenolic OH excluding ortho intramolecular Hbond substituents is 1. The first-order valence-electron chi connectivity index (χ1n) is 13.3. The van der Waals surface area contributed by atoms with Crippen LogP contribution in [0.2, 0.25) is 0 Å². The number of hydrogen-bond acceptors (Lipinski definition) is 10. The first-order chi connectivity index (χ1) is 19.4. The van der Waals surface area contributed by atoms with Crippen molar-refractivity contribution in [2.75, 3.05) is 26.1 Å². The molecule has 0 aromatic heterocycles. The molecule has 1 fully saturated rings. The Morgan fingerprint density at radius 3 is 2.41 bits per heavy atom. The van der Waals surface area contributed by atoms with Crippen LogP contribution in [0, 0.1) is 11.8 Å². The van der Waals surface area contributed by atoms with Gasteiger partial charge in [0, 0.05) is 56.3 Å². The van der Waals surface area contributed by atoms with E-state index in [2.05, 4.69) is 5.32 Å². The Balaban J connectivity index is 1.55. The van der Waals surface area contributed by atoms with Crippen molar-refractivity contribution < 1.29 is 39.5 Å². The molecule has 41 heavy (non-hydrogen) atoms. The minimum absolute atomic E-state index is 0.0737. The lowest BCUT2D eigenvalue weighted by Crippen LogP contribution is -2.58. The zero-order valence-corrected chi connectivity index (χ0v) is 23.0. The Morgan fingerprint density at radius 2 is 1.80 bits per heavy atom. The first kappa shape index (κ1) is 28.2. The van der Waals surface area contributed by atoms with Gasteiger partial charge < -0.3 is 41.1 Å². The van der Waals surface area contributed by atoms with E-state index in [1.807, 2.05) is 49.3 Å². The van der Waals surface area contributed by atoms with Crippen molar-refractivity contribution in [1.29, 1.82) is 0 Å². The van der Waals surface area contributed by atoms with Crippen LogP contribution in [-0.2, 0) is 33.9 Å². The number of nitrogens with two attached hydrogens (primary N) is 1. The molecular weight excluding hydrogens is 530 g/mol. The minimum Gasteiger partial charge on any atom is -0.508 e. The van der Waals surface area contributed by atoms with Gasteiger partial charge in [0.05, 0.1) is 12.7 Å². The molecule has 0 spiro atoms. The van der Waals surface area contributed by atoms with Crippen molar-refractivity contribution in [3.8, 4) is 11.5 Å². The van der Waals surface area contributed by atoms with Gasteiger partial charge >= 0.3 is 0 Å². The van der Waals surface area contributed by atoms with Crippen LogP contribution in [0.25, 0.3) is 5.76 Å². The number of aromatic hydroxyl groups is 1. The fraction of sp³-hybridized carbons (Fsp3) is 0.367. The molecule has 0 radical (unpaired) electrons. The average Bonchev–Trinajstić information content (AvgIpc) is 2.91. The Kier molecular flexibility index (Phi) is 7.04. The SMILES string of the molecule is COc1ccc(CNCc2cc(N(C)C)c3c(c2O)C(O)=C2C(=O)[C@]4(O)C(O)=C(C(N)=O)C(=O)C[C@@H]4C[C@@H]2C3)cc1. The fourth-order valence-electron chi connectivity index (χ4n) is 6.34. The molecule has 1 saturated carbocycles. The maximum absolute atomic E-state index is 13.8. The molecule has 216 valence electrons. The number of nitrogens with one attached hydrogen (secondary N) is 1. The number of phenols is 1. The van der Waals surface area contributed by atoms with Crippen LogP contribution in [-0.4, -0.2) is 64.7 Å². The Morgan fingerprint density at radius 1 is 1.12 bits per heavy atom. The normalized spacial score (nSPS) is 23.6. The number of primary amides is 1. The summed E-state index contributed by atoms with van der Waals surface area (Å²) < 4.78 is 5.19. The molecule has 1 amide bonds. The fourth-order valence-corrected chi connectivity index (χ4v) is 6.34. The van der Waals surface area contributed by atoms with Crippen LogP contribution in [0.1, 0.15) is 35.1 Å². The third-order valence-electron chi connectivity index (χ3n) is 8.40. The quantitative estimate of drug-likeness (QED) is 0.272. The van der Waals surface area contributed by atoms with Crippen LogP contribution < -0.4 is 20.7 Å². The molecule has 11 nitrogen and oxygen atoms in total. The summed E-state index contributed by atoms with van der Waals surface area (Å²) in [6.07, 6.45) is -0.0245. The first-order valence-corrected chi connectivity index (χ1v) is 13.3. The lowest BCUT2D eigenvalue weighted by Gasteiger charge is -2.46. The third-order valence-corrected chi connectivity index (χ3v) is 8.40. The number of methoxy groups -OCH3 is 1. The second-order valence-electron chi connectivity index (χ2n) is 11.0. The van der Waals surface area contributed by atoms with Crippen LogP contribution in [0.5, 0.6) is 11.5 Å². The number of ether oxygens (including phenoxy) is 1. The smallest absolute Gasteiger partial charge is 0.255 e. The molecule has 0 aliphatic heterocycles. The molecule has 0 bridgehead atoms. The number of fused-ring (bicyclic) bond motifs is 3. The summed E-state index contributed by atoms with van der Waals surface area (Å²) in [5, 5.41) is 48.3. The minimum atomic E-state index is -2.59. The van der Waals surface area contributed by atoms with Crippen LogP contribution >= 0.6 is 0 Å². The van der Waals surface area contributed by atoms with E-state index in [-0.39, 0.29) is 42.7 Å². The Bertz CT molecular complexity index is 1530. The van der Waals surface area contributed by atoms with Crippen molar-refractivity contribution in [2.24, 2.45) is 17.6 Å². The molecule has 3 aliphatic rings. The largest absolute Gasteiger partial charge is 0.508 e. The van der Waals surface area contributed by atoms with Gasteiger partial charge in [0.2, 0.25) is 5.78 Å². The van der Waals surface area contributed by atoms with E-state index in [1.54, 1.807) is 7.11 Å². The molecule has 2 aromatic carbocycles. The lowest BCUT2D eigenvalue weighted by atomic mass is 9.59. The summed E-state index contributed by atoms with van der Waals surface area (Å²) in [6.45, 7) is 0.734. The maximum Gasteiger partial charge on any atom is 0.255 e. The number of amides is 1. The van der Waals surface area contributed by atoms with Crippen molar-refractivity contribution in [3.63, 3.8) is 0 Å². The zero-order valence-electron chi connectivity index (χ0n) is 23.0. The van der Waals surface area contributed by atoms with Crippen LogP contribution in [0.3, 0.4) is 0 Å². The number of hydrogen-bond donors (Lipinski definition) is 6. The highest BCUT2D eigenvalue weighted by molar-refractivity contribution is 6.22. The highest BCUT2D eigenvalue weighted by atomic mass is 16.5. The van der Waals surface area contributed by atoms with Gasteiger partial charge in [-0.25, -0.2) is 0 Å². The maximum atomic E-state index is 13.8. The average molecular weight is 564 g/mol. The highest BCUT2D eigenvalue weighted by Gasteiger charge is 2.60. The zero-order chi connectivity index (χ0) is 29.8. The number of rotatable bonds is 7. The molecule has 11 heteroatoms. The number of carbonyl (C=O) groups is 3. The topological polar surface area (TPSA) is 183 Å². The van der Waals surface area contributed by atoms with E-state index in [0.29, 0.717) is 17.7 Å². The number of ketones is 2. The van der Waals surface area contributed by atoms with Gasteiger partial charge in [-0.2, -0.15) is 0 Å². The van der Waals surface area contributed by atoms with E-state index in [1.165, 1.54) is 0 Å². The molecule has 3 aliphatic carbocycles. The number of benzene rings is 2. The van der Waals surface area contributed by atoms with Gasteiger partial charge in [0.15, 0.2) is 11.4 Å². The second kappa shape index (κ2) is 10.2. The van der Waals surface area contributed by atoms with E-state index >= 15 is 0 Å². The summed E-state index contributed by atoms with van der Waals surface area (Å²) in [4.78, 5) is 40.0. The number of nitrogens with zero attached hydrogens (tertiary/aromatic N) is 1. The molecule has 5 rings (SSSR count). The molecule has 3 atom stereocenters. The van der Waals surface area contributed by atoms with E-state index < -0.39 is 52.0 Å². The monoisotopic (exact) mass is 563 g/mol. The molecule has 2 aromatic rings. The van der Waals surface area contributed by atoms with Gasteiger partial charge in [-0.1, -0.05) is 12.1 Å². The van der Waals surface area contributed by atoms with E-state index in [4.69, 9.17) is 10.5 Å². The Hall–Kier alpha value is -4.35. The molecule has 0 heterocycles. The van der Waals surface area contributed by atoms with Crippen molar-refractivity contribution in [2.45, 2.75) is 38.0 Å². The summed E-state index contributed by atoms with van der Waals surface area (Å²) in [5.74, 6) is -5.67. The third kappa shape index (κ3) is 4.41. The van der Waals surface area contributed by atoms with Crippen molar-refractivity contribution >= 4 is 28.9 Å². The highest BCUT2D eigenvalue weighted by Crippen LogP contribution is 2.53. The van der Waals surface area contributed by atoms with Gasteiger partial charge in [0.1, 0.15) is 28.6 Å². The number of carbonyl (C=O) groups excluding carboxylic acids is 3. The summed E-state index contributed by atoms with van der Waals surface area (Å²) in [6, 6.07) is 9.35. The van der Waals surface area contributed by atoms with Gasteiger partial charge in [0.25, 0.3) is 5.91 Å². The summed E-state index contributed by atoms with van der Waals surface area (Å²) in [5.41, 5.74) is 4.60. The summed E-state index contributed by atoms with van der Waals surface area (Å²) >= 11 is 0. The number of aliphatic hydroxyl groups excluding tert-OH is 2. The van der Waals surface area contributed by atoms with Gasteiger partial charge in [-0.05, 0) is 48.1 Å². The number of aliphatic hydroxyl groups is 3. The van der Waals surface area contributed by atoms with E-state index in [0.717, 1.165) is 17.0 Å². The van der Waals surface area contributed by atoms with Gasteiger partial charge in [-0.15, -0.1) is 0 Å².